The second-order valence-corrected chi connectivity index (χ2v) is 4.23. The summed E-state index contributed by atoms with van der Waals surface area (Å²) >= 11 is 4.76. The maximum atomic E-state index is 11.9. The SMILES string of the molecule is COC(=O)CN(C(=O)C(C)C(N)=S)C(C)C. The molecule has 0 bridgehead atoms. The highest BCUT2D eigenvalue weighted by molar-refractivity contribution is 7.80. The minimum Gasteiger partial charge on any atom is -0.468 e. The van der Waals surface area contributed by atoms with E-state index in [0.29, 0.717) is 0 Å². The first-order valence-electron chi connectivity index (χ1n) is 4.97. The Labute approximate surface area is 101 Å². The van der Waals surface area contributed by atoms with Crippen molar-refractivity contribution in [3.8, 4) is 0 Å². The number of rotatable bonds is 5. The van der Waals surface area contributed by atoms with E-state index in [-0.39, 0.29) is 23.5 Å². The van der Waals surface area contributed by atoms with E-state index in [4.69, 9.17) is 18.0 Å². The molecule has 6 heteroatoms. The molecule has 1 atom stereocenters. The molecule has 0 heterocycles. The van der Waals surface area contributed by atoms with Gasteiger partial charge in [-0.15, -0.1) is 0 Å². The molecule has 0 aromatic heterocycles. The average molecular weight is 246 g/mol. The summed E-state index contributed by atoms with van der Waals surface area (Å²) in [5.41, 5.74) is 5.41. The third-order valence-corrected chi connectivity index (χ3v) is 2.58. The van der Waals surface area contributed by atoms with Crippen molar-refractivity contribution < 1.29 is 14.3 Å². The van der Waals surface area contributed by atoms with Crippen LogP contribution >= 0.6 is 12.2 Å². The van der Waals surface area contributed by atoms with Gasteiger partial charge >= 0.3 is 5.97 Å². The van der Waals surface area contributed by atoms with E-state index in [1.54, 1.807) is 6.92 Å². The molecule has 0 saturated carbocycles. The van der Waals surface area contributed by atoms with Crippen LogP contribution in [0.3, 0.4) is 0 Å². The highest BCUT2D eigenvalue weighted by Crippen LogP contribution is 2.07. The molecule has 0 aromatic rings. The molecule has 0 aliphatic rings. The van der Waals surface area contributed by atoms with E-state index in [2.05, 4.69) is 4.74 Å². The Bertz CT molecular complexity index is 292. The molecule has 0 aromatic carbocycles. The molecule has 16 heavy (non-hydrogen) atoms. The molecule has 0 fully saturated rings. The number of nitrogens with two attached hydrogens (primary N) is 1. The minimum atomic E-state index is -0.568. The molecule has 5 nitrogen and oxygen atoms in total. The van der Waals surface area contributed by atoms with Gasteiger partial charge in [0.25, 0.3) is 0 Å². The van der Waals surface area contributed by atoms with Gasteiger partial charge in [0.15, 0.2) is 0 Å². The molecule has 0 saturated heterocycles. The Balaban J connectivity index is 4.72. The van der Waals surface area contributed by atoms with Crippen LogP contribution in [0.4, 0.5) is 0 Å². The molecule has 0 spiro atoms. The van der Waals surface area contributed by atoms with Crippen molar-refractivity contribution in [3.63, 3.8) is 0 Å². The van der Waals surface area contributed by atoms with Gasteiger partial charge in [-0.25, -0.2) is 0 Å². The Morgan fingerprint density at radius 1 is 1.38 bits per heavy atom. The Morgan fingerprint density at radius 2 is 1.88 bits per heavy atom. The molecular weight excluding hydrogens is 228 g/mol. The smallest absolute Gasteiger partial charge is 0.325 e. The lowest BCUT2D eigenvalue weighted by atomic mass is 10.1. The Morgan fingerprint density at radius 3 is 2.19 bits per heavy atom. The van der Waals surface area contributed by atoms with Crippen molar-refractivity contribution >= 4 is 29.1 Å². The van der Waals surface area contributed by atoms with Crippen LogP contribution in [-0.2, 0) is 14.3 Å². The van der Waals surface area contributed by atoms with Crippen LogP contribution in [-0.4, -0.2) is 41.5 Å². The summed E-state index contributed by atoms with van der Waals surface area (Å²) in [6.45, 7) is 5.16. The normalized spacial score (nSPS) is 12.1. The van der Waals surface area contributed by atoms with E-state index in [1.165, 1.54) is 12.0 Å². The maximum absolute atomic E-state index is 11.9. The van der Waals surface area contributed by atoms with Gasteiger partial charge in [0.05, 0.1) is 18.0 Å². The lowest BCUT2D eigenvalue weighted by Gasteiger charge is -2.27. The summed E-state index contributed by atoms with van der Waals surface area (Å²) < 4.78 is 4.52. The van der Waals surface area contributed by atoms with Crippen molar-refractivity contribution in [2.24, 2.45) is 11.7 Å². The van der Waals surface area contributed by atoms with Gasteiger partial charge < -0.3 is 15.4 Å². The average Bonchev–Trinajstić information content (AvgIpc) is 2.22. The molecule has 2 N–H and O–H groups in total. The fourth-order valence-corrected chi connectivity index (χ4v) is 1.19. The molecule has 0 radical (unpaired) electrons. The van der Waals surface area contributed by atoms with Gasteiger partial charge in [0, 0.05) is 6.04 Å². The van der Waals surface area contributed by atoms with Crippen LogP contribution in [0.2, 0.25) is 0 Å². The number of thiocarbonyl (C=S) groups is 1. The quantitative estimate of drug-likeness (QED) is 0.558. The highest BCUT2D eigenvalue weighted by Gasteiger charge is 2.26. The standard InChI is InChI=1S/C10H18N2O3S/c1-6(2)12(5-8(13)15-4)10(14)7(3)9(11)16/h6-7H,5H2,1-4H3,(H2,11,16). The fraction of sp³-hybridized carbons (Fsp3) is 0.700. The summed E-state index contributed by atoms with van der Waals surface area (Å²) in [6.07, 6.45) is 0. The Hall–Kier alpha value is -1.17. The Kier molecular flexibility index (Phi) is 5.95. The summed E-state index contributed by atoms with van der Waals surface area (Å²) in [5, 5.41) is 0. The second kappa shape index (κ2) is 6.42. The first-order chi connectivity index (χ1) is 7.31. The number of amides is 1. The number of ether oxygens (including phenoxy) is 1. The van der Waals surface area contributed by atoms with Gasteiger partial charge in [0.1, 0.15) is 6.54 Å². The van der Waals surface area contributed by atoms with E-state index in [9.17, 15) is 9.59 Å². The van der Waals surface area contributed by atoms with Gasteiger partial charge in [-0.3, -0.25) is 9.59 Å². The van der Waals surface area contributed by atoms with E-state index >= 15 is 0 Å². The summed E-state index contributed by atoms with van der Waals surface area (Å²) in [5.74, 6) is -1.29. The highest BCUT2D eigenvalue weighted by atomic mass is 32.1. The van der Waals surface area contributed by atoms with Crippen LogP contribution < -0.4 is 5.73 Å². The van der Waals surface area contributed by atoms with Gasteiger partial charge in [-0.1, -0.05) is 12.2 Å². The first kappa shape index (κ1) is 14.8. The number of hydrogen-bond donors (Lipinski definition) is 1. The number of carbonyl (C=O) groups is 2. The van der Waals surface area contributed by atoms with Crippen LogP contribution in [0.15, 0.2) is 0 Å². The predicted octanol–water partition coefficient (Wildman–Crippen LogP) is 0.319. The van der Waals surface area contributed by atoms with E-state index in [1.807, 2.05) is 13.8 Å². The van der Waals surface area contributed by atoms with Crippen molar-refractivity contribution in [1.82, 2.24) is 4.90 Å². The molecule has 0 aliphatic carbocycles. The number of hydrogen-bond acceptors (Lipinski definition) is 4. The summed E-state index contributed by atoms with van der Waals surface area (Å²) in [6, 6.07) is -0.108. The number of carbonyl (C=O) groups excluding carboxylic acids is 2. The minimum absolute atomic E-state index is 0.0834. The molecule has 1 unspecified atom stereocenters. The van der Waals surface area contributed by atoms with Crippen molar-refractivity contribution in [2.75, 3.05) is 13.7 Å². The third-order valence-electron chi connectivity index (χ3n) is 2.23. The second-order valence-electron chi connectivity index (χ2n) is 3.76. The zero-order chi connectivity index (χ0) is 12.9. The summed E-state index contributed by atoms with van der Waals surface area (Å²) in [4.78, 5) is 24.6. The van der Waals surface area contributed by atoms with Crippen LogP contribution in [0, 0.1) is 5.92 Å². The third kappa shape index (κ3) is 4.14. The molecule has 0 rings (SSSR count). The molecule has 92 valence electrons. The van der Waals surface area contributed by atoms with E-state index < -0.39 is 11.9 Å². The van der Waals surface area contributed by atoms with Crippen LogP contribution in [0.5, 0.6) is 0 Å². The largest absolute Gasteiger partial charge is 0.468 e. The monoisotopic (exact) mass is 246 g/mol. The maximum Gasteiger partial charge on any atom is 0.325 e. The lowest BCUT2D eigenvalue weighted by Crippen LogP contribution is -2.46. The van der Waals surface area contributed by atoms with Gasteiger partial charge in [-0.05, 0) is 20.8 Å². The zero-order valence-electron chi connectivity index (χ0n) is 10.0. The van der Waals surface area contributed by atoms with Crippen molar-refractivity contribution in [3.05, 3.63) is 0 Å². The van der Waals surface area contributed by atoms with Crippen molar-refractivity contribution in [2.45, 2.75) is 26.8 Å². The van der Waals surface area contributed by atoms with Crippen LogP contribution in [0.25, 0.3) is 0 Å². The number of methoxy groups -OCH3 is 1. The van der Waals surface area contributed by atoms with Crippen LogP contribution in [0.1, 0.15) is 20.8 Å². The predicted molar refractivity (Wildman–Crippen MR) is 64.8 cm³/mol. The van der Waals surface area contributed by atoms with Crippen molar-refractivity contribution in [1.29, 1.82) is 0 Å². The topological polar surface area (TPSA) is 72.6 Å². The lowest BCUT2D eigenvalue weighted by molar-refractivity contribution is -0.148. The molecule has 0 aliphatic heterocycles. The molecule has 1 amide bonds. The number of nitrogens with zero attached hydrogens (tertiary/aromatic N) is 1. The zero-order valence-corrected chi connectivity index (χ0v) is 10.8. The van der Waals surface area contributed by atoms with Gasteiger partial charge in [0.2, 0.25) is 5.91 Å². The van der Waals surface area contributed by atoms with Gasteiger partial charge in [-0.2, -0.15) is 0 Å². The molecular formula is C10H18N2O3S. The van der Waals surface area contributed by atoms with E-state index in [0.717, 1.165) is 0 Å². The fourth-order valence-electron chi connectivity index (χ4n) is 1.09. The number of esters is 1. The summed E-state index contributed by atoms with van der Waals surface area (Å²) in [7, 11) is 1.28. The first-order valence-corrected chi connectivity index (χ1v) is 5.38.